The van der Waals surface area contributed by atoms with Crippen molar-refractivity contribution in [3.05, 3.63) is 68.4 Å². The van der Waals surface area contributed by atoms with Crippen LogP contribution < -0.4 is 5.32 Å². The van der Waals surface area contributed by atoms with E-state index in [2.05, 4.69) is 21.2 Å². The second-order valence-corrected chi connectivity index (χ2v) is 4.73. The fourth-order valence-electron chi connectivity index (χ4n) is 1.62. The van der Waals surface area contributed by atoms with Gasteiger partial charge in [-0.1, -0.05) is 30.3 Å². The molecule has 0 aromatic heterocycles. The molecule has 0 saturated heterocycles. The number of hydrogen-bond donors (Lipinski definition) is 1. The zero-order valence-electron chi connectivity index (χ0n) is 9.77. The number of hydrogen-bond acceptors (Lipinski definition) is 3. The molecule has 0 amide bonds. The highest BCUT2D eigenvalue weighted by Gasteiger charge is 2.17. The van der Waals surface area contributed by atoms with Crippen molar-refractivity contribution in [2.24, 2.45) is 0 Å². The van der Waals surface area contributed by atoms with E-state index < -0.39 is 10.7 Å². The van der Waals surface area contributed by atoms with Crippen LogP contribution >= 0.6 is 15.9 Å². The Kier molecular flexibility index (Phi) is 4.11. The molecule has 0 bridgehead atoms. The van der Waals surface area contributed by atoms with Crippen LogP contribution in [0.15, 0.2) is 46.9 Å². The molecule has 0 radical (unpaired) electrons. The van der Waals surface area contributed by atoms with Gasteiger partial charge in [0.25, 0.3) is 5.69 Å². The topological polar surface area (TPSA) is 55.2 Å². The number of nitro groups is 1. The van der Waals surface area contributed by atoms with Gasteiger partial charge < -0.3 is 5.32 Å². The molecule has 0 unspecified atom stereocenters. The molecule has 2 rings (SSSR count). The van der Waals surface area contributed by atoms with Gasteiger partial charge in [0.1, 0.15) is 11.5 Å². The molecule has 6 heteroatoms. The molecule has 0 atom stereocenters. The number of rotatable bonds is 4. The maximum Gasteiger partial charge on any atom is 0.293 e. The van der Waals surface area contributed by atoms with E-state index in [0.717, 1.165) is 17.7 Å². The number of halogens is 2. The standard InChI is InChI=1S/C13H10BrFN2O2/c14-10-6-13(17(18)19)12(7-11(10)15)16-8-9-4-2-1-3-5-9/h1-7,16H,8H2. The summed E-state index contributed by atoms with van der Waals surface area (Å²) in [5.74, 6) is -0.541. The summed E-state index contributed by atoms with van der Waals surface area (Å²) in [4.78, 5) is 10.4. The van der Waals surface area contributed by atoms with Crippen molar-refractivity contribution in [2.75, 3.05) is 5.32 Å². The van der Waals surface area contributed by atoms with Gasteiger partial charge in [-0.3, -0.25) is 10.1 Å². The number of nitro benzene ring substituents is 1. The van der Waals surface area contributed by atoms with Crippen LogP contribution in [0.2, 0.25) is 0 Å². The first kappa shape index (κ1) is 13.5. The lowest BCUT2D eigenvalue weighted by Gasteiger charge is -2.08. The normalized spacial score (nSPS) is 10.2. The Balaban J connectivity index is 2.24. The van der Waals surface area contributed by atoms with Gasteiger partial charge in [0.05, 0.1) is 9.40 Å². The summed E-state index contributed by atoms with van der Waals surface area (Å²) in [6.07, 6.45) is 0. The first-order valence-electron chi connectivity index (χ1n) is 5.49. The Morgan fingerprint density at radius 2 is 1.95 bits per heavy atom. The van der Waals surface area contributed by atoms with Crippen LogP contribution in [0.4, 0.5) is 15.8 Å². The van der Waals surface area contributed by atoms with E-state index in [1.54, 1.807) is 0 Å². The Hall–Kier alpha value is -1.95. The molecule has 0 aliphatic heterocycles. The summed E-state index contributed by atoms with van der Waals surface area (Å²) in [6.45, 7) is 0.392. The van der Waals surface area contributed by atoms with E-state index in [-0.39, 0.29) is 15.8 Å². The Morgan fingerprint density at radius 1 is 1.26 bits per heavy atom. The van der Waals surface area contributed by atoms with E-state index in [0.29, 0.717) is 6.54 Å². The molecule has 0 fully saturated rings. The highest BCUT2D eigenvalue weighted by molar-refractivity contribution is 9.10. The zero-order chi connectivity index (χ0) is 13.8. The molecule has 2 aromatic carbocycles. The molecule has 98 valence electrons. The van der Waals surface area contributed by atoms with Gasteiger partial charge in [-0.2, -0.15) is 0 Å². The Bertz CT molecular complexity index is 605. The zero-order valence-corrected chi connectivity index (χ0v) is 11.4. The summed E-state index contributed by atoms with van der Waals surface area (Å²) in [7, 11) is 0. The van der Waals surface area contributed by atoms with E-state index in [1.165, 1.54) is 0 Å². The van der Waals surface area contributed by atoms with Crippen LogP contribution in [-0.2, 0) is 6.54 Å². The second-order valence-electron chi connectivity index (χ2n) is 3.88. The average Bonchev–Trinajstić information content (AvgIpc) is 2.40. The third-order valence-corrected chi connectivity index (χ3v) is 3.17. The van der Waals surface area contributed by atoms with Gasteiger partial charge >= 0.3 is 0 Å². The van der Waals surface area contributed by atoms with Crippen LogP contribution in [-0.4, -0.2) is 4.92 Å². The van der Waals surface area contributed by atoms with E-state index in [9.17, 15) is 14.5 Å². The lowest BCUT2D eigenvalue weighted by Crippen LogP contribution is -2.03. The predicted octanol–water partition coefficient (Wildman–Crippen LogP) is 4.11. The smallest absolute Gasteiger partial charge is 0.293 e. The second kappa shape index (κ2) is 5.79. The molecule has 4 nitrogen and oxygen atoms in total. The van der Waals surface area contributed by atoms with Crippen LogP contribution in [0.1, 0.15) is 5.56 Å². The molecule has 1 N–H and O–H groups in total. The maximum atomic E-state index is 13.4. The lowest BCUT2D eigenvalue weighted by atomic mass is 10.2. The maximum absolute atomic E-state index is 13.4. The molecule has 0 saturated carbocycles. The number of nitrogens with one attached hydrogen (secondary N) is 1. The van der Waals surface area contributed by atoms with E-state index in [4.69, 9.17) is 0 Å². The minimum absolute atomic E-state index is 0.0736. The van der Waals surface area contributed by atoms with Gasteiger partial charge in [0, 0.05) is 18.7 Å². The first-order chi connectivity index (χ1) is 9.08. The molecule has 0 aliphatic rings. The van der Waals surface area contributed by atoms with Crippen molar-refractivity contribution in [1.82, 2.24) is 0 Å². The highest BCUT2D eigenvalue weighted by Crippen LogP contribution is 2.30. The Labute approximate surface area is 117 Å². The molecule has 0 aliphatic carbocycles. The summed E-state index contributed by atoms with van der Waals surface area (Å²) in [6, 6.07) is 11.7. The van der Waals surface area contributed by atoms with Gasteiger partial charge in [-0.25, -0.2) is 4.39 Å². The van der Waals surface area contributed by atoms with Gasteiger partial charge in [0.2, 0.25) is 0 Å². The van der Waals surface area contributed by atoms with Gasteiger partial charge in [0.15, 0.2) is 0 Å². The van der Waals surface area contributed by atoms with Crippen LogP contribution in [0, 0.1) is 15.9 Å². The lowest BCUT2D eigenvalue weighted by molar-refractivity contribution is -0.384. The average molecular weight is 325 g/mol. The quantitative estimate of drug-likeness (QED) is 0.680. The number of benzene rings is 2. The number of anilines is 1. The minimum Gasteiger partial charge on any atom is -0.375 e. The molecule has 2 aromatic rings. The van der Waals surface area contributed by atoms with Crippen molar-refractivity contribution in [2.45, 2.75) is 6.54 Å². The van der Waals surface area contributed by atoms with Crippen molar-refractivity contribution >= 4 is 27.3 Å². The third-order valence-electron chi connectivity index (χ3n) is 2.56. The summed E-state index contributed by atoms with van der Waals surface area (Å²) in [5.41, 5.74) is 0.957. The van der Waals surface area contributed by atoms with Crippen molar-refractivity contribution in [3.8, 4) is 0 Å². The predicted molar refractivity (Wildman–Crippen MR) is 74.5 cm³/mol. The number of nitrogens with zero attached hydrogens (tertiary/aromatic N) is 1. The fraction of sp³-hybridized carbons (Fsp3) is 0.0769. The SMILES string of the molecule is O=[N+]([O-])c1cc(Br)c(F)cc1NCc1ccccc1. The van der Waals surface area contributed by atoms with Crippen LogP contribution in [0.5, 0.6) is 0 Å². The molecule has 19 heavy (non-hydrogen) atoms. The Morgan fingerprint density at radius 3 is 2.58 bits per heavy atom. The van der Waals surface area contributed by atoms with Crippen LogP contribution in [0.25, 0.3) is 0 Å². The highest BCUT2D eigenvalue weighted by atomic mass is 79.9. The van der Waals surface area contributed by atoms with E-state index >= 15 is 0 Å². The van der Waals surface area contributed by atoms with Crippen molar-refractivity contribution in [3.63, 3.8) is 0 Å². The molecule has 0 spiro atoms. The van der Waals surface area contributed by atoms with Gasteiger partial charge in [-0.05, 0) is 21.5 Å². The van der Waals surface area contributed by atoms with Crippen LogP contribution in [0.3, 0.4) is 0 Å². The first-order valence-corrected chi connectivity index (χ1v) is 6.28. The molecule has 0 heterocycles. The van der Waals surface area contributed by atoms with Gasteiger partial charge in [-0.15, -0.1) is 0 Å². The summed E-state index contributed by atoms with van der Waals surface area (Å²) < 4.78 is 13.5. The van der Waals surface area contributed by atoms with Crippen molar-refractivity contribution < 1.29 is 9.31 Å². The largest absolute Gasteiger partial charge is 0.375 e. The summed E-state index contributed by atoms with van der Waals surface area (Å²) in [5, 5.41) is 13.8. The third kappa shape index (κ3) is 3.29. The molecular formula is C13H10BrFN2O2. The summed E-state index contributed by atoms with van der Waals surface area (Å²) >= 11 is 2.94. The fourth-order valence-corrected chi connectivity index (χ4v) is 1.95. The molecular weight excluding hydrogens is 315 g/mol. The van der Waals surface area contributed by atoms with Crippen molar-refractivity contribution in [1.29, 1.82) is 0 Å². The minimum atomic E-state index is -0.544. The van der Waals surface area contributed by atoms with E-state index in [1.807, 2.05) is 30.3 Å². The monoisotopic (exact) mass is 324 g/mol.